The third-order valence-electron chi connectivity index (χ3n) is 5.28. The van der Waals surface area contributed by atoms with E-state index in [9.17, 15) is 0 Å². The summed E-state index contributed by atoms with van der Waals surface area (Å²) in [6.45, 7) is 7.39. The lowest BCUT2D eigenvalue weighted by molar-refractivity contribution is 0.0354. The lowest BCUT2D eigenvalue weighted by Crippen LogP contribution is -2.58. The molecular formula is C22H39IN4O3. The van der Waals surface area contributed by atoms with Crippen LogP contribution in [0.15, 0.2) is 35.3 Å². The van der Waals surface area contributed by atoms with Crippen molar-refractivity contribution in [2.24, 2.45) is 4.99 Å². The van der Waals surface area contributed by atoms with Gasteiger partial charge in [0.25, 0.3) is 0 Å². The normalized spacial score (nSPS) is 17.1. The second-order valence-corrected chi connectivity index (χ2v) is 7.48. The second-order valence-electron chi connectivity index (χ2n) is 7.48. The average molecular weight is 534 g/mol. The van der Waals surface area contributed by atoms with Crippen molar-refractivity contribution in [3.63, 3.8) is 0 Å². The highest BCUT2D eigenvalue weighted by Gasteiger charge is 2.34. The standard InChI is InChI=1S/C22H38N4O3.HI/c1-19(20-8-5-4-6-9-20)26-22(10-14-29-15-11-22)18-25-21(23-2)24-12-7-13-28-17-16-27-3;/h4-6,8-9,19,26H,7,10-18H2,1-3H3,(H2,23,24,25);1H. The fourth-order valence-electron chi connectivity index (χ4n) is 3.52. The van der Waals surface area contributed by atoms with Crippen molar-refractivity contribution < 1.29 is 14.2 Å². The molecule has 0 radical (unpaired) electrons. The molecule has 8 heteroatoms. The van der Waals surface area contributed by atoms with E-state index in [0.29, 0.717) is 19.8 Å². The van der Waals surface area contributed by atoms with E-state index in [1.54, 1.807) is 14.2 Å². The Hall–Kier alpha value is -0.940. The maximum absolute atomic E-state index is 5.63. The molecule has 1 fully saturated rings. The van der Waals surface area contributed by atoms with E-state index >= 15 is 0 Å². The summed E-state index contributed by atoms with van der Waals surface area (Å²) in [5, 5.41) is 10.7. The zero-order valence-electron chi connectivity index (χ0n) is 18.6. The van der Waals surface area contributed by atoms with Gasteiger partial charge in [-0.1, -0.05) is 30.3 Å². The summed E-state index contributed by atoms with van der Waals surface area (Å²) in [6, 6.07) is 10.9. The quantitative estimate of drug-likeness (QED) is 0.166. The van der Waals surface area contributed by atoms with E-state index in [-0.39, 0.29) is 35.6 Å². The third kappa shape index (κ3) is 9.91. The van der Waals surface area contributed by atoms with Crippen LogP contribution in [0.3, 0.4) is 0 Å². The van der Waals surface area contributed by atoms with Crippen molar-refractivity contribution in [3.05, 3.63) is 35.9 Å². The van der Waals surface area contributed by atoms with Crippen molar-refractivity contribution in [1.29, 1.82) is 0 Å². The smallest absolute Gasteiger partial charge is 0.191 e. The number of hydrogen-bond donors (Lipinski definition) is 3. The highest BCUT2D eigenvalue weighted by Crippen LogP contribution is 2.25. The lowest BCUT2D eigenvalue weighted by atomic mass is 9.88. The molecule has 2 rings (SSSR count). The van der Waals surface area contributed by atoms with Gasteiger partial charge in [-0.05, 0) is 31.7 Å². The van der Waals surface area contributed by atoms with Gasteiger partial charge in [-0.2, -0.15) is 0 Å². The Morgan fingerprint density at radius 3 is 2.53 bits per heavy atom. The van der Waals surface area contributed by atoms with Crippen LogP contribution in [-0.2, 0) is 14.2 Å². The van der Waals surface area contributed by atoms with Gasteiger partial charge in [-0.25, -0.2) is 0 Å². The first-order valence-electron chi connectivity index (χ1n) is 10.6. The second kappa shape index (κ2) is 15.8. The highest BCUT2D eigenvalue weighted by atomic mass is 127. The summed E-state index contributed by atoms with van der Waals surface area (Å²) in [4.78, 5) is 4.36. The first kappa shape index (κ1) is 27.1. The number of ether oxygens (including phenoxy) is 3. The SMILES string of the molecule is CN=C(NCCCOCCOC)NCC1(NC(C)c2ccccc2)CCOCC1.I. The first-order chi connectivity index (χ1) is 14.2. The maximum Gasteiger partial charge on any atom is 0.191 e. The summed E-state index contributed by atoms with van der Waals surface area (Å²) in [6.07, 6.45) is 2.87. The van der Waals surface area contributed by atoms with Crippen LogP contribution in [0.5, 0.6) is 0 Å². The minimum atomic E-state index is -0.0195. The van der Waals surface area contributed by atoms with Crippen LogP contribution < -0.4 is 16.0 Å². The number of nitrogens with one attached hydrogen (secondary N) is 3. The molecule has 1 aromatic rings. The number of rotatable bonds is 12. The van der Waals surface area contributed by atoms with E-state index in [0.717, 1.165) is 51.5 Å². The molecule has 0 aromatic heterocycles. The molecule has 7 nitrogen and oxygen atoms in total. The van der Waals surface area contributed by atoms with Gasteiger partial charge in [0, 0.05) is 58.6 Å². The fraction of sp³-hybridized carbons (Fsp3) is 0.682. The molecule has 1 unspecified atom stereocenters. The monoisotopic (exact) mass is 534 g/mol. The molecule has 0 aliphatic carbocycles. The van der Waals surface area contributed by atoms with Crippen LogP contribution in [-0.4, -0.2) is 71.8 Å². The molecule has 1 aliphatic heterocycles. The number of guanidine groups is 1. The van der Waals surface area contributed by atoms with Crippen molar-refractivity contribution in [2.75, 3.05) is 60.3 Å². The van der Waals surface area contributed by atoms with Crippen LogP contribution in [0.25, 0.3) is 0 Å². The van der Waals surface area contributed by atoms with Gasteiger partial charge in [-0.3, -0.25) is 4.99 Å². The Balaban J connectivity index is 0.00000450. The minimum absolute atomic E-state index is 0. The molecule has 1 aliphatic rings. The van der Waals surface area contributed by atoms with Gasteiger partial charge in [0.2, 0.25) is 0 Å². The van der Waals surface area contributed by atoms with E-state index < -0.39 is 0 Å². The van der Waals surface area contributed by atoms with Crippen molar-refractivity contribution in [3.8, 4) is 0 Å². The number of benzene rings is 1. The summed E-state index contributed by atoms with van der Waals surface area (Å²) in [5.74, 6) is 0.821. The molecule has 1 aromatic carbocycles. The first-order valence-corrected chi connectivity index (χ1v) is 10.6. The Bertz CT molecular complexity index is 583. The van der Waals surface area contributed by atoms with Crippen LogP contribution in [0, 0.1) is 0 Å². The Labute approximate surface area is 198 Å². The molecule has 1 saturated heterocycles. The molecule has 1 heterocycles. The summed E-state index contributed by atoms with van der Waals surface area (Å²) in [5.41, 5.74) is 1.28. The molecule has 172 valence electrons. The van der Waals surface area contributed by atoms with Gasteiger partial charge >= 0.3 is 0 Å². The van der Waals surface area contributed by atoms with Crippen LogP contribution in [0.4, 0.5) is 0 Å². The summed E-state index contributed by atoms with van der Waals surface area (Å²) in [7, 11) is 3.49. The third-order valence-corrected chi connectivity index (χ3v) is 5.28. The molecule has 0 spiro atoms. The van der Waals surface area contributed by atoms with Crippen LogP contribution in [0.1, 0.15) is 37.8 Å². The predicted molar refractivity (Wildman–Crippen MR) is 133 cm³/mol. The number of halogens is 1. The zero-order chi connectivity index (χ0) is 20.8. The highest BCUT2D eigenvalue weighted by molar-refractivity contribution is 14.0. The van der Waals surface area contributed by atoms with E-state index in [1.807, 2.05) is 0 Å². The summed E-state index contributed by atoms with van der Waals surface area (Å²) >= 11 is 0. The van der Waals surface area contributed by atoms with Gasteiger partial charge < -0.3 is 30.2 Å². The summed E-state index contributed by atoms with van der Waals surface area (Å²) < 4.78 is 16.1. The average Bonchev–Trinajstić information content (AvgIpc) is 2.76. The van der Waals surface area contributed by atoms with Crippen molar-refractivity contribution >= 4 is 29.9 Å². The molecule has 1 atom stereocenters. The molecule has 30 heavy (non-hydrogen) atoms. The molecule has 0 amide bonds. The Kier molecular flexibility index (Phi) is 14.3. The van der Waals surface area contributed by atoms with E-state index in [1.165, 1.54) is 5.56 Å². The van der Waals surface area contributed by atoms with Crippen molar-refractivity contribution in [1.82, 2.24) is 16.0 Å². The van der Waals surface area contributed by atoms with Gasteiger partial charge in [0.15, 0.2) is 5.96 Å². The number of methoxy groups -OCH3 is 1. The fourth-order valence-corrected chi connectivity index (χ4v) is 3.52. The molecule has 3 N–H and O–H groups in total. The number of nitrogens with zero attached hydrogens (tertiary/aromatic N) is 1. The maximum atomic E-state index is 5.63. The van der Waals surface area contributed by atoms with Crippen LogP contribution in [0.2, 0.25) is 0 Å². The largest absolute Gasteiger partial charge is 0.382 e. The van der Waals surface area contributed by atoms with E-state index in [4.69, 9.17) is 14.2 Å². The molecule has 0 bridgehead atoms. The van der Waals surface area contributed by atoms with Gasteiger partial charge in [0.05, 0.1) is 13.2 Å². The Morgan fingerprint density at radius 1 is 1.13 bits per heavy atom. The van der Waals surface area contributed by atoms with Gasteiger partial charge in [0.1, 0.15) is 0 Å². The van der Waals surface area contributed by atoms with Crippen molar-refractivity contribution in [2.45, 2.75) is 37.8 Å². The molecular weight excluding hydrogens is 495 g/mol. The Morgan fingerprint density at radius 2 is 1.87 bits per heavy atom. The number of hydrogen-bond acceptors (Lipinski definition) is 5. The minimum Gasteiger partial charge on any atom is -0.382 e. The predicted octanol–water partition coefficient (Wildman–Crippen LogP) is 2.72. The van der Waals surface area contributed by atoms with Crippen LogP contribution >= 0.6 is 24.0 Å². The topological polar surface area (TPSA) is 76.1 Å². The van der Waals surface area contributed by atoms with E-state index in [2.05, 4.69) is 58.2 Å². The lowest BCUT2D eigenvalue weighted by Gasteiger charge is -2.41. The number of aliphatic imine (C=N–C) groups is 1. The van der Waals surface area contributed by atoms with Gasteiger partial charge in [-0.15, -0.1) is 24.0 Å². The zero-order valence-corrected chi connectivity index (χ0v) is 20.9. The molecule has 0 saturated carbocycles.